The van der Waals surface area contributed by atoms with Crippen LogP contribution in [0.2, 0.25) is 0 Å². The van der Waals surface area contributed by atoms with Gasteiger partial charge in [-0.25, -0.2) is 0 Å². The van der Waals surface area contributed by atoms with Crippen molar-refractivity contribution in [3.63, 3.8) is 0 Å². The maximum Gasteiger partial charge on any atom is 0.227 e. The zero-order valence-corrected chi connectivity index (χ0v) is 11.9. The van der Waals surface area contributed by atoms with Gasteiger partial charge in [0.2, 0.25) is 12.3 Å². The first-order chi connectivity index (χ1) is 9.15. The third kappa shape index (κ3) is 6.12. The number of thiophene rings is 1. The quantitative estimate of drug-likeness (QED) is 0.824. The maximum absolute atomic E-state index is 9.43. The highest BCUT2D eigenvalue weighted by molar-refractivity contribution is 7.09. The van der Waals surface area contributed by atoms with Crippen LogP contribution in [0.15, 0.2) is 22.0 Å². The van der Waals surface area contributed by atoms with Crippen molar-refractivity contribution >= 4 is 17.7 Å². The van der Waals surface area contributed by atoms with Crippen molar-refractivity contribution in [2.24, 2.45) is 5.73 Å². The number of hydrogen-bond donors (Lipinski definition) is 1. The zero-order chi connectivity index (χ0) is 14.1. The van der Waals surface area contributed by atoms with Crippen molar-refractivity contribution in [2.75, 3.05) is 20.6 Å². The average Bonchev–Trinajstić information content (AvgIpc) is 3.03. The first kappa shape index (κ1) is 15.3. The minimum atomic E-state index is 0.542. The summed E-state index contributed by atoms with van der Waals surface area (Å²) in [5, 5.41) is 5.91. The lowest BCUT2D eigenvalue weighted by atomic mass is 10.3. The second-order valence-electron chi connectivity index (χ2n) is 3.97. The third-order valence-corrected chi connectivity index (χ3v) is 2.87. The summed E-state index contributed by atoms with van der Waals surface area (Å²) < 4.78 is 5.02. The summed E-state index contributed by atoms with van der Waals surface area (Å²) in [6.07, 6.45) is 2.14. The molecule has 2 aromatic heterocycles. The normalized spacial score (nSPS) is 9.63. The molecule has 0 radical (unpaired) electrons. The topological polar surface area (TPSA) is 85.2 Å². The van der Waals surface area contributed by atoms with Crippen molar-refractivity contribution in [1.82, 2.24) is 15.0 Å². The number of nitrogens with two attached hydrogens (primary N) is 1. The van der Waals surface area contributed by atoms with Gasteiger partial charge in [0.1, 0.15) is 0 Å². The molecule has 0 fully saturated rings. The van der Waals surface area contributed by atoms with E-state index in [1.165, 1.54) is 9.78 Å². The van der Waals surface area contributed by atoms with Crippen LogP contribution in [0.5, 0.6) is 0 Å². The Hall–Kier alpha value is -1.73. The number of amides is 1. The van der Waals surface area contributed by atoms with Gasteiger partial charge in [0.25, 0.3) is 0 Å². The van der Waals surface area contributed by atoms with Gasteiger partial charge in [0.05, 0.1) is 0 Å². The lowest BCUT2D eigenvalue weighted by Crippen LogP contribution is -2.06. The molecule has 0 saturated heterocycles. The van der Waals surface area contributed by atoms with E-state index in [4.69, 9.17) is 10.3 Å². The third-order valence-electron chi connectivity index (χ3n) is 1.99. The summed E-state index contributed by atoms with van der Waals surface area (Å²) >= 11 is 1.69. The van der Waals surface area contributed by atoms with Gasteiger partial charge in [-0.1, -0.05) is 11.2 Å². The molecule has 7 heteroatoms. The first-order valence-electron chi connectivity index (χ1n) is 5.81. The summed E-state index contributed by atoms with van der Waals surface area (Å²) in [6.45, 7) is 0.542. The van der Waals surface area contributed by atoms with E-state index >= 15 is 0 Å². The predicted octanol–water partition coefficient (Wildman–Crippen LogP) is 0.928. The van der Waals surface area contributed by atoms with Crippen molar-refractivity contribution in [2.45, 2.75) is 12.8 Å². The van der Waals surface area contributed by atoms with E-state index < -0.39 is 0 Å². The molecule has 19 heavy (non-hydrogen) atoms. The number of carbonyl (C=O) groups is 1. The molecule has 6 nitrogen and oxygen atoms in total. The van der Waals surface area contributed by atoms with E-state index in [1.54, 1.807) is 25.4 Å². The predicted molar refractivity (Wildman–Crippen MR) is 73.9 cm³/mol. The molecule has 0 unspecified atom stereocenters. The van der Waals surface area contributed by atoms with E-state index in [0.29, 0.717) is 18.9 Å². The SMILES string of the molecule is CN(C)C=O.NCCc1nc(Cc2cccs2)no1. The number of hydrogen-bond acceptors (Lipinski definition) is 6. The Balaban J connectivity index is 0.000000312. The van der Waals surface area contributed by atoms with Gasteiger partial charge in [0, 0.05) is 38.4 Å². The molecular formula is C12H18N4O2S. The monoisotopic (exact) mass is 282 g/mol. The van der Waals surface area contributed by atoms with Crippen molar-refractivity contribution < 1.29 is 9.32 Å². The van der Waals surface area contributed by atoms with Gasteiger partial charge in [-0.15, -0.1) is 11.3 Å². The minimum absolute atomic E-state index is 0.542. The smallest absolute Gasteiger partial charge is 0.227 e. The van der Waals surface area contributed by atoms with Gasteiger partial charge in [-0.2, -0.15) is 4.98 Å². The average molecular weight is 282 g/mol. The Kier molecular flexibility index (Phi) is 6.76. The molecule has 0 atom stereocenters. The first-order valence-corrected chi connectivity index (χ1v) is 6.69. The van der Waals surface area contributed by atoms with Crippen molar-refractivity contribution in [1.29, 1.82) is 0 Å². The number of rotatable bonds is 5. The van der Waals surface area contributed by atoms with E-state index in [-0.39, 0.29) is 0 Å². The van der Waals surface area contributed by atoms with Crippen LogP contribution < -0.4 is 5.73 Å². The van der Waals surface area contributed by atoms with Crippen molar-refractivity contribution in [3.8, 4) is 0 Å². The lowest BCUT2D eigenvalue weighted by Gasteiger charge is -1.93. The van der Waals surface area contributed by atoms with Gasteiger partial charge < -0.3 is 15.2 Å². The molecule has 0 aliphatic carbocycles. The van der Waals surface area contributed by atoms with Crippen LogP contribution in [0.1, 0.15) is 16.6 Å². The Morgan fingerprint density at radius 2 is 2.26 bits per heavy atom. The number of carbonyl (C=O) groups excluding carboxylic acids is 1. The Bertz CT molecular complexity index is 468. The fourth-order valence-corrected chi connectivity index (χ4v) is 1.86. The number of aromatic nitrogens is 2. The highest BCUT2D eigenvalue weighted by Gasteiger charge is 2.06. The minimum Gasteiger partial charge on any atom is -0.351 e. The second kappa shape index (κ2) is 8.39. The van der Waals surface area contributed by atoms with Crippen LogP contribution >= 0.6 is 11.3 Å². The highest BCUT2D eigenvalue weighted by Crippen LogP contribution is 2.12. The van der Waals surface area contributed by atoms with E-state index in [1.807, 2.05) is 11.4 Å². The van der Waals surface area contributed by atoms with Gasteiger partial charge in [-0.05, 0) is 11.4 Å². The van der Waals surface area contributed by atoms with E-state index in [2.05, 4.69) is 16.2 Å². The summed E-state index contributed by atoms with van der Waals surface area (Å²) in [4.78, 5) is 16.3. The molecule has 0 bridgehead atoms. The summed E-state index contributed by atoms with van der Waals surface area (Å²) in [7, 11) is 3.38. The molecule has 104 valence electrons. The zero-order valence-electron chi connectivity index (χ0n) is 11.1. The fourth-order valence-electron chi connectivity index (χ4n) is 1.16. The van der Waals surface area contributed by atoms with Crippen LogP contribution in [0, 0.1) is 0 Å². The highest BCUT2D eigenvalue weighted by atomic mass is 32.1. The van der Waals surface area contributed by atoms with Crippen LogP contribution in [0.25, 0.3) is 0 Å². The molecule has 0 aliphatic heterocycles. The molecular weight excluding hydrogens is 264 g/mol. The van der Waals surface area contributed by atoms with E-state index in [0.717, 1.165) is 18.7 Å². The van der Waals surface area contributed by atoms with Gasteiger partial charge in [-0.3, -0.25) is 4.79 Å². The summed E-state index contributed by atoms with van der Waals surface area (Å²) in [6, 6.07) is 4.07. The Labute approximate surface area is 116 Å². The molecule has 2 N–H and O–H groups in total. The molecule has 2 rings (SSSR count). The molecule has 2 heterocycles. The molecule has 0 aromatic carbocycles. The molecule has 0 spiro atoms. The van der Waals surface area contributed by atoms with Gasteiger partial charge in [0.15, 0.2) is 5.82 Å². The maximum atomic E-state index is 9.43. The second-order valence-corrected chi connectivity index (χ2v) is 5.00. The molecule has 0 aliphatic rings. The van der Waals surface area contributed by atoms with E-state index in [9.17, 15) is 4.79 Å². The van der Waals surface area contributed by atoms with Gasteiger partial charge >= 0.3 is 0 Å². The Morgan fingerprint density at radius 3 is 2.79 bits per heavy atom. The summed E-state index contributed by atoms with van der Waals surface area (Å²) in [5.74, 6) is 1.36. The largest absolute Gasteiger partial charge is 0.351 e. The molecule has 0 saturated carbocycles. The van der Waals surface area contributed by atoms with Crippen LogP contribution in [0.3, 0.4) is 0 Å². The van der Waals surface area contributed by atoms with Crippen LogP contribution in [-0.4, -0.2) is 42.1 Å². The summed E-state index contributed by atoms with van der Waals surface area (Å²) in [5.41, 5.74) is 5.38. The molecule has 1 amide bonds. The van der Waals surface area contributed by atoms with Crippen molar-refractivity contribution in [3.05, 3.63) is 34.1 Å². The standard InChI is InChI=1S/C9H11N3OS.C3H7NO/c10-4-3-9-11-8(12-13-9)6-7-2-1-5-14-7;1-4(2)3-5/h1-2,5H,3-4,6,10H2;3H,1-2H3. The number of nitrogens with zero attached hydrogens (tertiary/aromatic N) is 3. The fraction of sp³-hybridized carbons (Fsp3) is 0.417. The van der Waals surface area contributed by atoms with Crippen LogP contribution in [0.4, 0.5) is 0 Å². The Morgan fingerprint density at radius 1 is 1.53 bits per heavy atom. The lowest BCUT2D eigenvalue weighted by molar-refractivity contribution is -0.115. The van der Waals surface area contributed by atoms with Crippen LogP contribution in [-0.2, 0) is 17.6 Å². The molecule has 2 aromatic rings.